The fraction of sp³-hybridized carbons (Fsp3) is 0.759. The fourth-order valence-corrected chi connectivity index (χ4v) is 6.35. The van der Waals surface area contributed by atoms with Crippen molar-refractivity contribution in [3.8, 4) is 0 Å². The molecular weight excluding hydrogens is 652 g/mol. The van der Waals surface area contributed by atoms with Crippen LogP contribution in [0.5, 0.6) is 0 Å². The van der Waals surface area contributed by atoms with E-state index >= 15 is 0 Å². The number of carbonyl (C=O) groups is 7. The quantitative estimate of drug-likeness (QED) is 0.192. The molecule has 2 aliphatic rings. The third-order valence-corrected chi connectivity index (χ3v) is 7.74. The van der Waals surface area contributed by atoms with Gasteiger partial charge in [0.25, 0.3) is 0 Å². The maximum atomic E-state index is 12.4. The molecule has 2 fully saturated rings. The molecule has 2 saturated heterocycles. The molecule has 0 bridgehead atoms. The Morgan fingerprint density at radius 1 is 0.532 bits per heavy atom. The zero-order chi connectivity index (χ0) is 35.6. The standard InChI is InChI=1S/C29H42O17S/c1-12(2)39-28-27(25(43-18(8)35)23(41-16(6)33)20(45-28)10-37-13(3)30)47-29-26(44-19(9)36)24(42-17(7)34)22(40-15(5)32)21(46-29)11-38-14(4)31/h12,20-29H,10-11H2,1-9H3/t20-,21-,22+,23+,24+,25-,26-,27+,28+,29+/m1/s1. The molecular formula is C29H42O17S. The molecule has 0 N–H and O–H groups in total. The van der Waals surface area contributed by atoms with Crippen molar-refractivity contribution in [1.29, 1.82) is 0 Å². The molecule has 0 spiro atoms. The largest absolute Gasteiger partial charge is 0.463 e. The molecule has 0 aromatic rings. The average Bonchev–Trinajstić information content (AvgIpc) is 2.91. The van der Waals surface area contributed by atoms with E-state index in [9.17, 15) is 33.6 Å². The van der Waals surface area contributed by atoms with Crippen LogP contribution in [0.1, 0.15) is 62.3 Å². The summed E-state index contributed by atoms with van der Waals surface area (Å²) in [5, 5.41) is -1.13. The predicted molar refractivity (Wildman–Crippen MR) is 156 cm³/mol. The smallest absolute Gasteiger partial charge is 0.303 e. The average molecular weight is 695 g/mol. The van der Waals surface area contributed by atoms with Crippen molar-refractivity contribution >= 4 is 53.5 Å². The van der Waals surface area contributed by atoms with E-state index in [1.807, 2.05) is 0 Å². The zero-order valence-corrected chi connectivity index (χ0v) is 28.4. The zero-order valence-electron chi connectivity index (χ0n) is 27.6. The van der Waals surface area contributed by atoms with Crippen LogP contribution in [-0.2, 0) is 80.9 Å². The SMILES string of the molecule is CC(=O)OC[C@H]1O[C@@H](S[C@@H]2[C@@H](OC(C)C)O[C@H](COC(C)=O)[C@H](OC(C)=O)[C@H]2OC(C)=O)[C@H](OC(C)=O)[C@@H](OC(C)=O)[C@H]1OC(C)=O. The molecule has 18 heteroatoms. The lowest BCUT2D eigenvalue weighted by atomic mass is 9.99. The minimum Gasteiger partial charge on any atom is -0.463 e. The number of ether oxygens (including phenoxy) is 10. The van der Waals surface area contributed by atoms with Gasteiger partial charge in [-0.05, 0) is 13.8 Å². The molecule has 0 aromatic carbocycles. The monoisotopic (exact) mass is 694 g/mol. The van der Waals surface area contributed by atoms with Gasteiger partial charge in [0.15, 0.2) is 36.8 Å². The molecule has 0 aliphatic carbocycles. The van der Waals surface area contributed by atoms with E-state index < -0.39 is 121 Å². The minimum absolute atomic E-state index is 0.403. The van der Waals surface area contributed by atoms with Crippen molar-refractivity contribution in [2.75, 3.05) is 13.2 Å². The van der Waals surface area contributed by atoms with Crippen molar-refractivity contribution in [2.45, 2.75) is 128 Å². The molecule has 47 heavy (non-hydrogen) atoms. The first-order chi connectivity index (χ1) is 21.9. The topological polar surface area (TPSA) is 212 Å². The summed E-state index contributed by atoms with van der Waals surface area (Å²) in [6.07, 6.45) is -11.2. The van der Waals surface area contributed by atoms with Gasteiger partial charge in [0.05, 0.1) is 11.4 Å². The maximum absolute atomic E-state index is 12.4. The first-order valence-corrected chi connectivity index (χ1v) is 15.6. The van der Waals surface area contributed by atoms with Crippen molar-refractivity contribution in [2.24, 2.45) is 0 Å². The number of esters is 7. The van der Waals surface area contributed by atoms with Crippen molar-refractivity contribution in [3.63, 3.8) is 0 Å². The number of thioether (sulfide) groups is 1. The summed E-state index contributed by atoms with van der Waals surface area (Å²) in [7, 11) is 0. The highest BCUT2D eigenvalue weighted by Crippen LogP contribution is 2.42. The van der Waals surface area contributed by atoms with Gasteiger partial charge in [-0.25, -0.2) is 0 Å². The second-order valence-corrected chi connectivity index (χ2v) is 12.1. The van der Waals surface area contributed by atoms with E-state index in [0.29, 0.717) is 0 Å². The van der Waals surface area contributed by atoms with Gasteiger partial charge in [-0.3, -0.25) is 33.6 Å². The van der Waals surface area contributed by atoms with E-state index in [1.54, 1.807) is 13.8 Å². The van der Waals surface area contributed by atoms with Crippen LogP contribution in [0.15, 0.2) is 0 Å². The molecule has 17 nitrogen and oxygen atoms in total. The van der Waals surface area contributed by atoms with E-state index in [-0.39, 0.29) is 0 Å². The lowest BCUT2D eigenvalue weighted by Gasteiger charge is -2.48. The lowest BCUT2D eigenvalue weighted by molar-refractivity contribution is -0.270. The Labute approximate surface area is 275 Å². The molecule has 0 saturated carbocycles. The summed E-state index contributed by atoms with van der Waals surface area (Å²) in [5.41, 5.74) is -1.33. The van der Waals surface area contributed by atoms with Crippen LogP contribution in [0.25, 0.3) is 0 Å². The Kier molecular flexibility index (Phi) is 15.3. The van der Waals surface area contributed by atoms with Crippen LogP contribution in [0.2, 0.25) is 0 Å². The number of rotatable bonds is 13. The number of carbonyl (C=O) groups excluding carboxylic acids is 7. The van der Waals surface area contributed by atoms with Crippen molar-refractivity contribution < 1.29 is 80.9 Å². The molecule has 0 radical (unpaired) electrons. The Bertz CT molecular complexity index is 1160. The van der Waals surface area contributed by atoms with Gasteiger partial charge in [-0.2, -0.15) is 0 Å². The summed E-state index contributed by atoms with van der Waals surface area (Å²) >= 11 is 0.841. The van der Waals surface area contributed by atoms with Gasteiger partial charge in [0.2, 0.25) is 0 Å². The predicted octanol–water partition coefficient (Wildman–Crippen LogP) is 0.748. The van der Waals surface area contributed by atoms with Gasteiger partial charge >= 0.3 is 41.8 Å². The molecule has 2 aliphatic heterocycles. The normalized spacial score (nSPS) is 30.3. The summed E-state index contributed by atoms with van der Waals surface area (Å²) in [6.45, 7) is 10.3. The molecule has 2 rings (SSSR count). The third kappa shape index (κ3) is 12.6. The van der Waals surface area contributed by atoms with Crippen LogP contribution in [0.3, 0.4) is 0 Å². The van der Waals surface area contributed by atoms with Gasteiger partial charge in [0.1, 0.15) is 30.9 Å². The summed E-state index contributed by atoms with van der Waals surface area (Å²) in [5.74, 6) is -5.38. The first kappa shape index (κ1) is 39.7. The highest BCUT2D eigenvalue weighted by Gasteiger charge is 2.57. The Hall–Kier alpha value is -3.48. The van der Waals surface area contributed by atoms with Gasteiger partial charge in [0, 0.05) is 48.5 Å². The Morgan fingerprint density at radius 2 is 0.915 bits per heavy atom. The Morgan fingerprint density at radius 3 is 1.34 bits per heavy atom. The maximum Gasteiger partial charge on any atom is 0.303 e. The number of hydrogen-bond donors (Lipinski definition) is 0. The van der Waals surface area contributed by atoms with Crippen molar-refractivity contribution in [3.05, 3.63) is 0 Å². The summed E-state index contributed by atoms with van der Waals surface area (Å²) in [6, 6.07) is 0. The molecule has 10 atom stereocenters. The van der Waals surface area contributed by atoms with E-state index in [1.165, 1.54) is 6.92 Å². The highest BCUT2D eigenvalue weighted by atomic mass is 32.2. The summed E-state index contributed by atoms with van der Waals surface area (Å²) < 4.78 is 56.3. The van der Waals surface area contributed by atoms with Gasteiger partial charge < -0.3 is 47.4 Å². The molecule has 0 aromatic heterocycles. The highest BCUT2D eigenvalue weighted by molar-refractivity contribution is 8.00. The second-order valence-electron chi connectivity index (χ2n) is 10.8. The fourth-order valence-electron chi connectivity index (χ4n) is 4.85. The molecule has 0 unspecified atom stereocenters. The molecule has 266 valence electrons. The third-order valence-electron chi connectivity index (χ3n) is 6.29. The van der Waals surface area contributed by atoms with Gasteiger partial charge in [-0.1, -0.05) is 0 Å². The van der Waals surface area contributed by atoms with Crippen LogP contribution in [0.4, 0.5) is 0 Å². The van der Waals surface area contributed by atoms with E-state index in [4.69, 9.17) is 47.4 Å². The summed E-state index contributed by atoms with van der Waals surface area (Å²) in [4.78, 5) is 84.7. The van der Waals surface area contributed by atoms with Crippen LogP contribution < -0.4 is 0 Å². The van der Waals surface area contributed by atoms with Crippen molar-refractivity contribution in [1.82, 2.24) is 0 Å². The Balaban J connectivity index is 2.71. The first-order valence-electron chi connectivity index (χ1n) is 14.6. The minimum atomic E-state index is -1.48. The van der Waals surface area contributed by atoms with Crippen LogP contribution in [-0.4, -0.2) is 121 Å². The molecule has 0 amide bonds. The van der Waals surface area contributed by atoms with E-state index in [0.717, 1.165) is 53.3 Å². The second kappa shape index (κ2) is 18.2. The van der Waals surface area contributed by atoms with E-state index in [2.05, 4.69) is 0 Å². The van der Waals surface area contributed by atoms with Gasteiger partial charge in [-0.15, -0.1) is 11.8 Å². The molecule has 2 heterocycles. The van der Waals surface area contributed by atoms with Crippen LogP contribution >= 0.6 is 11.8 Å². The van der Waals surface area contributed by atoms with Crippen LogP contribution in [0, 0.1) is 0 Å². The lowest BCUT2D eigenvalue weighted by Crippen LogP contribution is -2.64. The number of hydrogen-bond acceptors (Lipinski definition) is 18.